The van der Waals surface area contributed by atoms with Crippen LogP contribution in [0, 0.1) is 17.0 Å². The first kappa shape index (κ1) is 14.4. The highest BCUT2D eigenvalue weighted by Gasteiger charge is 2.11. The molecule has 1 heterocycles. The highest BCUT2D eigenvalue weighted by molar-refractivity contribution is 6.35. The van der Waals surface area contributed by atoms with Crippen LogP contribution in [0.25, 0.3) is 0 Å². The molecule has 3 N–H and O–H groups in total. The van der Waals surface area contributed by atoms with Gasteiger partial charge in [0.15, 0.2) is 0 Å². The van der Waals surface area contributed by atoms with Crippen LogP contribution in [0.2, 0.25) is 10.0 Å². The summed E-state index contributed by atoms with van der Waals surface area (Å²) in [4.78, 5) is 14.2. The molecule has 0 aliphatic carbocycles. The molecule has 0 saturated carbocycles. The fourth-order valence-corrected chi connectivity index (χ4v) is 2.02. The van der Waals surface area contributed by atoms with Crippen LogP contribution < -0.4 is 11.1 Å². The molecular weight excluding hydrogens is 303 g/mol. The molecule has 104 valence electrons. The predicted molar refractivity (Wildman–Crippen MR) is 79.8 cm³/mol. The summed E-state index contributed by atoms with van der Waals surface area (Å²) in [6.07, 6.45) is 0. The van der Waals surface area contributed by atoms with Crippen molar-refractivity contribution in [1.29, 1.82) is 0 Å². The van der Waals surface area contributed by atoms with Crippen molar-refractivity contribution in [3.05, 3.63) is 50.0 Å². The lowest BCUT2D eigenvalue weighted by Gasteiger charge is -2.10. The summed E-state index contributed by atoms with van der Waals surface area (Å²) in [5, 5.41) is 14.6. The van der Waals surface area contributed by atoms with E-state index in [0.717, 1.165) is 5.56 Å². The first-order chi connectivity index (χ1) is 9.36. The molecule has 8 heteroatoms. The number of aryl methyl sites for hydroxylation is 1. The van der Waals surface area contributed by atoms with Crippen LogP contribution in [-0.2, 0) is 0 Å². The van der Waals surface area contributed by atoms with Crippen molar-refractivity contribution in [2.24, 2.45) is 0 Å². The van der Waals surface area contributed by atoms with Gasteiger partial charge in [-0.2, -0.15) is 0 Å². The van der Waals surface area contributed by atoms with E-state index in [1.165, 1.54) is 12.1 Å². The maximum Gasteiger partial charge on any atom is 0.276 e. The summed E-state index contributed by atoms with van der Waals surface area (Å²) in [6.45, 7) is 1.82. The van der Waals surface area contributed by atoms with Gasteiger partial charge in [0.2, 0.25) is 0 Å². The molecule has 0 aliphatic rings. The number of rotatable bonds is 3. The van der Waals surface area contributed by atoms with Gasteiger partial charge in [-0.1, -0.05) is 23.2 Å². The second kappa shape index (κ2) is 5.52. The molecule has 0 aliphatic heterocycles. The molecule has 6 nitrogen and oxygen atoms in total. The van der Waals surface area contributed by atoms with Crippen LogP contribution in [0.1, 0.15) is 5.56 Å². The van der Waals surface area contributed by atoms with Gasteiger partial charge in [-0.05, 0) is 24.6 Å². The van der Waals surface area contributed by atoms with Crippen molar-refractivity contribution in [2.75, 3.05) is 11.1 Å². The Morgan fingerprint density at radius 3 is 2.60 bits per heavy atom. The number of aromatic nitrogens is 1. The molecule has 0 amide bonds. The average Bonchev–Trinajstić information content (AvgIpc) is 2.35. The summed E-state index contributed by atoms with van der Waals surface area (Å²) in [5.41, 5.74) is 6.69. The number of nitro groups is 1. The van der Waals surface area contributed by atoms with E-state index in [9.17, 15) is 10.1 Å². The van der Waals surface area contributed by atoms with E-state index in [4.69, 9.17) is 28.9 Å². The average molecular weight is 313 g/mol. The molecule has 1 aromatic heterocycles. The van der Waals surface area contributed by atoms with Gasteiger partial charge in [0.05, 0.1) is 27.8 Å². The summed E-state index contributed by atoms with van der Waals surface area (Å²) in [5.74, 6) is 0.259. The zero-order chi connectivity index (χ0) is 14.9. The number of nitrogens with two attached hydrogens (primary N) is 1. The Morgan fingerprint density at radius 2 is 1.95 bits per heavy atom. The van der Waals surface area contributed by atoms with Crippen molar-refractivity contribution in [3.8, 4) is 0 Å². The molecule has 0 fully saturated rings. The summed E-state index contributed by atoms with van der Waals surface area (Å²) in [7, 11) is 0. The SMILES string of the molecule is Cc1cc(Cl)c(Nc2cc([N+](=O)[O-])cc(N)n2)cc1Cl. The Hall–Kier alpha value is -2.05. The number of benzene rings is 1. The fourth-order valence-electron chi connectivity index (χ4n) is 1.59. The van der Waals surface area contributed by atoms with Gasteiger partial charge in [-0.15, -0.1) is 0 Å². The number of anilines is 3. The van der Waals surface area contributed by atoms with E-state index in [0.29, 0.717) is 15.7 Å². The summed E-state index contributed by atoms with van der Waals surface area (Å²) < 4.78 is 0. The van der Waals surface area contributed by atoms with Crippen LogP contribution in [0.3, 0.4) is 0 Å². The molecule has 0 bridgehead atoms. The quantitative estimate of drug-likeness (QED) is 0.661. The second-order valence-electron chi connectivity index (χ2n) is 4.10. The maximum atomic E-state index is 10.8. The first-order valence-corrected chi connectivity index (χ1v) is 6.27. The van der Waals surface area contributed by atoms with Crippen LogP contribution in [-0.4, -0.2) is 9.91 Å². The van der Waals surface area contributed by atoms with E-state index in [2.05, 4.69) is 10.3 Å². The maximum absolute atomic E-state index is 10.8. The molecule has 0 saturated heterocycles. The van der Waals surface area contributed by atoms with E-state index in [1.54, 1.807) is 12.1 Å². The fraction of sp³-hybridized carbons (Fsp3) is 0.0833. The second-order valence-corrected chi connectivity index (χ2v) is 4.91. The van der Waals surface area contributed by atoms with E-state index >= 15 is 0 Å². The standard InChI is InChI=1S/C12H10Cl2N4O2/c1-6-2-9(14)10(5-8(6)13)16-12-4-7(18(19)20)3-11(15)17-12/h2-5H,1H3,(H3,15,16,17). The minimum atomic E-state index is -0.549. The third-order valence-electron chi connectivity index (χ3n) is 2.55. The van der Waals surface area contributed by atoms with Crippen LogP contribution in [0.4, 0.5) is 23.0 Å². The molecule has 0 atom stereocenters. The van der Waals surface area contributed by atoms with E-state index in [-0.39, 0.29) is 17.3 Å². The molecule has 20 heavy (non-hydrogen) atoms. The molecule has 2 rings (SSSR count). The molecule has 2 aromatic rings. The van der Waals surface area contributed by atoms with Crippen molar-refractivity contribution in [3.63, 3.8) is 0 Å². The normalized spacial score (nSPS) is 10.3. The number of nitrogen functional groups attached to an aromatic ring is 1. The monoisotopic (exact) mass is 312 g/mol. The number of halogens is 2. The highest BCUT2D eigenvalue weighted by atomic mass is 35.5. The minimum Gasteiger partial charge on any atom is -0.383 e. The van der Waals surface area contributed by atoms with Crippen LogP contribution >= 0.6 is 23.2 Å². The third-order valence-corrected chi connectivity index (χ3v) is 3.27. The van der Waals surface area contributed by atoms with Crippen molar-refractivity contribution in [1.82, 2.24) is 4.98 Å². The molecule has 0 unspecified atom stereocenters. The summed E-state index contributed by atoms with van der Waals surface area (Å²) in [6, 6.07) is 5.75. The molecule has 1 aromatic carbocycles. The van der Waals surface area contributed by atoms with Gasteiger partial charge >= 0.3 is 0 Å². The lowest BCUT2D eigenvalue weighted by Crippen LogP contribution is -2.00. The van der Waals surface area contributed by atoms with Crippen molar-refractivity contribution in [2.45, 2.75) is 6.92 Å². The number of hydrogen-bond donors (Lipinski definition) is 2. The Labute approximate surface area is 124 Å². The van der Waals surface area contributed by atoms with Crippen molar-refractivity contribution >= 4 is 46.2 Å². The van der Waals surface area contributed by atoms with Gasteiger partial charge in [-0.25, -0.2) is 4.98 Å². The Kier molecular flexibility index (Phi) is 3.96. The number of nitrogens with one attached hydrogen (secondary N) is 1. The van der Waals surface area contributed by atoms with E-state index in [1.807, 2.05) is 6.92 Å². The van der Waals surface area contributed by atoms with Crippen LogP contribution in [0.15, 0.2) is 24.3 Å². The van der Waals surface area contributed by atoms with Gasteiger partial charge in [0, 0.05) is 5.02 Å². The van der Waals surface area contributed by atoms with E-state index < -0.39 is 4.92 Å². The van der Waals surface area contributed by atoms with Gasteiger partial charge in [0.1, 0.15) is 11.6 Å². The highest BCUT2D eigenvalue weighted by Crippen LogP contribution is 2.31. The number of hydrogen-bond acceptors (Lipinski definition) is 5. The Bertz CT molecular complexity index is 691. The van der Waals surface area contributed by atoms with Crippen molar-refractivity contribution < 1.29 is 4.92 Å². The number of pyridine rings is 1. The third kappa shape index (κ3) is 3.09. The molecule has 0 spiro atoms. The largest absolute Gasteiger partial charge is 0.383 e. The topological polar surface area (TPSA) is 94.1 Å². The minimum absolute atomic E-state index is 0.0380. The predicted octanol–water partition coefficient (Wildman–Crippen LogP) is 3.93. The lowest BCUT2D eigenvalue weighted by atomic mass is 10.2. The number of nitrogens with zero attached hydrogens (tertiary/aromatic N) is 2. The zero-order valence-corrected chi connectivity index (χ0v) is 11.9. The Morgan fingerprint density at radius 1 is 1.25 bits per heavy atom. The van der Waals surface area contributed by atoms with Gasteiger partial charge in [-0.3, -0.25) is 10.1 Å². The van der Waals surface area contributed by atoms with Gasteiger partial charge < -0.3 is 11.1 Å². The Balaban J connectivity index is 2.40. The summed E-state index contributed by atoms with van der Waals surface area (Å²) >= 11 is 12.1. The van der Waals surface area contributed by atoms with Gasteiger partial charge in [0.25, 0.3) is 5.69 Å². The smallest absolute Gasteiger partial charge is 0.276 e. The molecule has 0 radical (unpaired) electrons. The zero-order valence-electron chi connectivity index (χ0n) is 10.4. The first-order valence-electron chi connectivity index (χ1n) is 5.51. The molecular formula is C12H10Cl2N4O2. The van der Waals surface area contributed by atoms with Crippen LogP contribution in [0.5, 0.6) is 0 Å². The lowest BCUT2D eigenvalue weighted by molar-refractivity contribution is -0.384.